The highest BCUT2D eigenvalue weighted by Crippen LogP contribution is 2.42. The Labute approximate surface area is 101 Å². The minimum Gasteiger partial charge on any atom is -0.489 e. The van der Waals surface area contributed by atoms with Gasteiger partial charge < -0.3 is 15.4 Å². The van der Waals surface area contributed by atoms with Crippen LogP contribution < -0.4 is 15.4 Å². The summed E-state index contributed by atoms with van der Waals surface area (Å²) < 4.78 is 43.5. The maximum Gasteiger partial charge on any atom is 0.420 e. The van der Waals surface area contributed by atoms with Crippen LogP contribution in [0.5, 0.6) is 5.75 Å². The number of amides is 1. The molecule has 0 spiro atoms. The summed E-state index contributed by atoms with van der Waals surface area (Å²) >= 11 is 0. The standard InChI is InChI=1S/C11H11F3N2O2/c1-16-8-4-2-3-6(11(12,13)14)9(8)18-5-7(15)10(16)17/h2-4,7H,5,15H2,1H3. The number of fused-ring (bicyclic) bond motifs is 1. The molecule has 4 nitrogen and oxygen atoms in total. The highest BCUT2D eigenvalue weighted by atomic mass is 19.4. The van der Waals surface area contributed by atoms with Crippen LogP contribution >= 0.6 is 0 Å². The maximum atomic E-state index is 12.8. The SMILES string of the molecule is CN1C(=O)C(N)COc2c1cccc2C(F)(F)F. The van der Waals surface area contributed by atoms with E-state index >= 15 is 0 Å². The van der Waals surface area contributed by atoms with E-state index in [2.05, 4.69) is 0 Å². The fraction of sp³-hybridized carbons (Fsp3) is 0.364. The lowest BCUT2D eigenvalue weighted by atomic mass is 10.1. The Balaban J connectivity index is 2.58. The number of rotatable bonds is 0. The Hall–Kier alpha value is -1.76. The Morgan fingerprint density at radius 2 is 2.11 bits per heavy atom. The van der Waals surface area contributed by atoms with Crippen LogP contribution in [-0.2, 0) is 11.0 Å². The fourth-order valence-electron chi connectivity index (χ4n) is 1.78. The van der Waals surface area contributed by atoms with Gasteiger partial charge in [0.05, 0.1) is 11.3 Å². The lowest BCUT2D eigenvalue weighted by molar-refractivity contribution is -0.138. The van der Waals surface area contributed by atoms with Gasteiger partial charge in [0.15, 0.2) is 5.75 Å². The molecule has 2 rings (SSSR count). The van der Waals surface area contributed by atoms with Gasteiger partial charge in [0, 0.05) is 7.05 Å². The van der Waals surface area contributed by atoms with Gasteiger partial charge in [0.1, 0.15) is 12.6 Å². The average molecular weight is 260 g/mol. The number of hydrogen-bond acceptors (Lipinski definition) is 3. The molecule has 1 unspecified atom stereocenters. The Kier molecular flexibility index (Phi) is 2.94. The molecule has 0 aliphatic carbocycles. The van der Waals surface area contributed by atoms with Gasteiger partial charge in [-0.2, -0.15) is 13.2 Å². The van der Waals surface area contributed by atoms with Crippen LogP contribution in [0.1, 0.15) is 5.56 Å². The molecule has 1 amide bonds. The summed E-state index contributed by atoms with van der Waals surface area (Å²) in [5.74, 6) is -0.832. The highest BCUT2D eigenvalue weighted by molar-refractivity contribution is 5.98. The van der Waals surface area contributed by atoms with Crippen molar-refractivity contribution < 1.29 is 22.7 Å². The first-order valence-electron chi connectivity index (χ1n) is 5.18. The zero-order valence-corrected chi connectivity index (χ0v) is 9.49. The molecule has 0 saturated carbocycles. The van der Waals surface area contributed by atoms with E-state index in [9.17, 15) is 18.0 Å². The third kappa shape index (κ3) is 2.01. The van der Waals surface area contributed by atoms with Crippen molar-refractivity contribution in [1.82, 2.24) is 0 Å². The predicted molar refractivity (Wildman–Crippen MR) is 58.3 cm³/mol. The van der Waals surface area contributed by atoms with Crippen molar-refractivity contribution in [2.24, 2.45) is 5.73 Å². The molecule has 1 aliphatic rings. The number of benzene rings is 1. The van der Waals surface area contributed by atoms with Crippen molar-refractivity contribution >= 4 is 11.6 Å². The van der Waals surface area contributed by atoms with E-state index in [1.165, 1.54) is 19.2 Å². The van der Waals surface area contributed by atoms with Crippen molar-refractivity contribution in [3.8, 4) is 5.75 Å². The van der Waals surface area contributed by atoms with Crippen LogP contribution in [0.4, 0.5) is 18.9 Å². The summed E-state index contributed by atoms with van der Waals surface area (Å²) in [6.45, 7) is -0.275. The lowest BCUT2D eigenvalue weighted by Gasteiger charge is -2.19. The zero-order chi connectivity index (χ0) is 13.5. The second kappa shape index (κ2) is 4.16. The average Bonchev–Trinajstić information content (AvgIpc) is 2.41. The van der Waals surface area contributed by atoms with Gasteiger partial charge in [-0.15, -0.1) is 0 Å². The van der Waals surface area contributed by atoms with Crippen molar-refractivity contribution in [3.63, 3.8) is 0 Å². The third-order valence-electron chi connectivity index (χ3n) is 2.72. The number of likely N-dealkylation sites (N-methyl/N-ethyl adjacent to an activating group) is 1. The number of para-hydroxylation sites is 1. The van der Waals surface area contributed by atoms with Crippen LogP contribution in [0.3, 0.4) is 0 Å². The highest BCUT2D eigenvalue weighted by Gasteiger charge is 2.38. The first-order chi connectivity index (χ1) is 8.32. The second-order valence-electron chi connectivity index (χ2n) is 3.97. The zero-order valence-electron chi connectivity index (χ0n) is 9.49. The summed E-state index contributed by atoms with van der Waals surface area (Å²) in [6.07, 6.45) is -4.54. The Bertz CT molecular complexity index is 488. The number of hydrogen-bond donors (Lipinski definition) is 1. The second-order valence-corrected chi connectivity index (χ2v) is 3.97. The Morgan fingerprint density at radius 3 is 2.72 bits per heavy atom. The molecule has 0 saturated heterocycles. The largest absolute Gasteiger partial charge is 0.489 e. The predicted octanol–water partition coefficient (Wildman–Crippen LogP) is 1.39. The third-order valence-corrected chi connectivity index (χ3v) is 2.72. The molecule has 1 atom stereocenters. The minimum atomic E-state index is -4.54. The van der Waals surface area contributed by atoms with Crippen LogP contribution in [-0.4, -0.2) is 25.6 Å². The van der Waals surface area contributed by atoms with Crippen LogP contribution in [0, 0.1) is 0 Å². The summed E-state index contributed by atoms with van der Waals surface area (Å²) in [6, 6.07) is 2.56. The summed E-state index contributed by atoms with van der Waals surface area (Å²) in [7, 11) is 1.37. The van der Waals surface area contributed by atoms with Gasteiger partial charge >= 0.3 is 6.18 Å². The van der Waals surface area contributed by atoms with Gasteiger partial charge in [0.25, 0.3) is 0 Å². The fourth-order valence-corrected chi connectivity index (χ4v) is 1.78. The molecule has 0 aromatic heterocycles. The molecule has 7 heteroatoms. The molecule has 18 heavy (non-hydrogen) atoms. The van der Waals surface area contributed by atoms with Gasteiger partial charge in [-0.3, -0.25) is 4.79 Å². The van der Waals surface area contributed by atoms with Gasteiger partial charge in [-0.25, -0.2) is 0 Å². The smallest absolute Gasteiger partial charge is 0.420 e. The molecular weight excluding hydrogens is 249 g/mol. The molecule has 1 aromatic rings. The van der Waals surface area contributed by atoms with Crippen LogP contribution in [0.15, 0.2) is 18.2 Å². The molecular formula is C11H11F3N2O2. The summed E-state index contributed by atoms with van der Waals surface area (Å²) in [5, 5.41) is 0. The van der Waals surface area contributed by atoms with E-state index in [1.54, 1.807) is 0 Å². The van der Waals surface area contributed by atoms with Gasteiger partial charge in [0.2, 0.25) is 5.91 Å². The van der Waals surface area contributed by atoms with Crippen molar-refractivity contribution in [3.05, 3.63) is 23.8 Å². The normalized spacial score (nSPS) is 20.2. The molecule has 0 fully saturated rings. The maximum absolute atomic E-state index is 12.8. The van der Waals surface area contributed by atoms with Crippen LogP contribution in [0.25, 0.3) is 0 Å². The van der Waals surface area contributed by atoms with E-state index in [4.69, 9.17) is 10.5 Å². The number of ether oxygens (including phenoxy) is 1. The van der Waals surface area contributed by atoms with Crippen molar-refractivity contribution in [2.45, 2.75) is 12.2 Å². The number of alkyl halides is 3. The number of carbonyl (C=O) groups is 1. The summed E-state index contributed by atoms with van der Waals surface area (Å²) in [4.78, 5) is 12.8. The van der Waals surface area contributed by atoms with Gasteiger partial charge in [-0.1, -0.05) is 6.07 Å². The van der Waals surface area contributed by atoms with E-state index in [0.717, 1.165) is 11.0 Å². The first kappa shape index (κ1) is 12.7. The molecule has 2 N–H and O–H groups in total. The van der Waals surface area contributed by atoms with Gasteiger partial charge in [-0.05, 0) is 12.1 Å². The molecule has 0 bridgehead atoms. The van der Waals surface area contributed by atoms with Crippen LogP contribution in [0.2, 0.25) is 0 Å². The van der Waals surface area contributed by atoms with E-state index in [-0.39, 0.29) is 18.0 Å². The van der Waals surface area contributed by atoms with E-state index in [1.807, 2.05) is 0 Å². The molecule has 1 aromatic carbocycles. The summed E-state index contributed by atoms with van der Waals surface area (Å²) in [5.41, 5.74) is 4.67. The quantitative estimate of drug-likeness (QED) is 0.767. The number of anilines is 1. The monoisotopic (exact) mass is 260 g/mol. The van der Waals surface area contributed by atoms with Crippen molar-refractivity contribution in [2.75, 3.05) is 18.6 Å². The number of carbonyl (C=O) groups excluding carboxylic acids is 1. The van der Waals surface area contributed by atoms with E-state index < -0.39 is 23.7 Å². The lowest BCUT2D eigenvalue weighted by Crippen LogP contribution is -2.43. The molecule has 1 heterocycles. The topological polar surface area (TPSA) is 55.6 Å². The first-order valence-corrected chi connectivity index (χ1v) is 5.18. The number of nitrogens with two attached hydrogens (primary N) is 1. The molecule has 98 valence electrons. The van der Waals surface area contributed by atoms with E-state index in [0.29, 0.717) is 0 Å². The minimum absolute atomic E-state index is 0.0720. The Morgan fingerprint density at radius 1 is 1.44 bits per heavy atom. The number of nitrogens with zero attached hydrogens (tertiary/aromatic N) is 1. The number of halogens is 3. The molecule has 1 aliphatic heterocycles. The molecule has 0 radical (unpaired) electrons. The van der Waals surface area contributed by atoms with Crippen molar-refractivity contribution in [1.29, 1.82) is 0 Å².